The van der Waals surface area contributed by atoms with E-state index in [-0.39, 0.29) is 36.9 Å². The summed E-state index contributed by atoms with van der Waals surface area (Å²) in [4.78, 5) is 31.2. The van der Waals surface area contributed by atoms with E-state index in [4.69, 9.17) is 43.6 Å². The van der Waals surface area contributed by atoms with Gasteiger partial charge in [-0.3, -0.25) is 9.69 Å². The van der Waals surface area contributed by atoms with E-state index < -0.39 is 96.0 Å². The minimum Gasteiger partial charge on any atom is -0.458 e. The highest BCUT2D eigenvalue weighted by atomic mass is 16.8. The molecule has 15 heteroatoms. The molecule has 4 rings (SSSR count). The summed E-state index contributed by atoms with van der Waals surface area (Å²) in [5, 5.41) is 24.2. The fourth-order valence-electron chi connectivity index (χ4n) is 9.39. The number of cyclic esters (lactones) is 1. The number of methoxy groups -OCH3 is 1. The summed E-state index contributed by atoms with van der Waals surface area (Å²) >= 11 is 0. The zero-order valence-electron chi connectivity index (χ0n) is 35.1. The van der Waals surface area contributed by atoms with Crippen molar-refractivity contribution in [2.75, 3.05) is 34.8 Å². The third-order valence-corrected chi connectivity index (χ3v) is 12.8. The first kappa shape index (κ1) is 45.0. The van der Waals surface area contributed by atoms with E-state index in [1.54, 1.807) is 27.9 Å². The molecule has 4 N–H and O–H groups in total. The summed E-state index contributed by atoms with van der Waals surface area (Å²) in [6, 6.07) is -1.04. The standard InChI is InChI=1S/C39H71N3O12/c1-15-27-39(10)33(53-36(45)54-39)24(6)42(13)19-20(2)17-37(8,46)32(52-35-29(43)26(41(11)12)16-21(3)48-35)22(4)30(23(5)34(44)50-27)51-28-18-38(9,47-14)31(40)25(7)49-28/h20-33,35,43,46H,15-19,40H2,1-14H3/t20-,21-,22+,23-,24-,25+,26+,27-,28+,29-,30+,31-,32-,33-,35+,37-,38-,39-/m1/s1. The van der Waals surface area contributed by atoms with Crippen LogP contribution < -0.4 is 5.73 Å². The van der Waals surface area contributed by atoms with Crippen LogP contribution in [0.5, 0.6) is 0 Å². The third kappa shape index (κ3) is 9.37. The maximum Gasteiger partial charge on any atom is 0.509 e. The molecule has 0 unspecified atom stereocenters. The predicted octanol–water partition coefficient (Wildman–Crippen LogP) is 3.05. The van der Waals surface area contributed by atoms with E-state index in [2.05, 4.69) is 4.90 Å². The van der Waals surface area contributed by atoms with Gasteiger partial charge in [0.2, 0.25) is 0 Å². The number of ether oxygens (including phenoxy) is 8. The average molecular weight is 774 g/mol. The molecular weight excluding hydrogens is 702 g/mol. The Morgan fingerprint density at radius 1 is 1.00 bits per heavy atom. The number of carbonyl (C=O) groups is 2. The van der Waals surface area contributed by atoms with Gasteiger partial charge in [-0.05, 0) is 94.8 Å². The van der Waals surface area contributed by atoms with Crippen LogP contribution in [-0.2, 0) is 42.7 Å². The number of aliphatic hydroxyl groups is 2. The van der Waals surface area contributed by atoms with Crippen molar-refractivity contribution in [3.05, 3.63) is 0 Å². The van der Waals surface area contributed by atoms with Crippen LogP contribution in [0.3, 0.4) is 0 Å². The number of rotatable bonds is 7. The van der Waals surface area contributed by atoms with E-state index in [1.165, 1.54) is 0 Å². The Bertz CT molecular complexity index is 1280. The highest BCUT2D eigenvalue weighted by Crippen LogP contribution is 2.41. The number of nitrogens with two attached hydrogens (primary N) is 1. The van der Waals surface area contributed by atoms with Crippen molar-refractivity contribution >= 4 is 12.1 Å². The van der Waals surface area contributed by atoms with E-state index in [0.717, 1.165) is 0 Å². The number of nitrogens with zero attached hydrogens (tertiary/aromatic N) is 2. The Hall–Kier alpha value is -1.66. The van der Waals surface area contributed by atoms with E-state index >= 15 is 0 Å². The molecule has 4 aliphatic rings. The minimum absolute atomic E-state index is 0.103. The molecular formula is C39H71N3O12. The quantitative estimate of drug-likeness (QED) is 0.321. The van der Waals surface area contributed by atoms with Gasteiger partial charge in [-0.15, -0.1) is 0 Å². The molecule has 4 saturated heterocycles. The SMILES string of the molecule is CC[C@H]1OC(=O)[C@H](C)[C@@H](O[C@H]2C[C@@](C)(OC)[C@H](N)[C@H](C)O2)[C@H](C)[C@@H](O[C@@H]2O[C@H](C)C[C@H](N(C)C)[C@H]2O)[C@](C)(O)C[C@@H](C)CN(C)[C@H](C)[C@H]2OC(=O)O[C@@]21C. The van der Waals surface area contributed by atoms with Gasteiger partial charge < -0.3 is 58.7 Å². The smallest absolute Gasteiger partial charge is 0.458 e. The lowest BCUT2D eigenvalue weighted by Crippen LogP contribution is -2.62. The number of aliphatic hydroxyl groups excluding tert-OH is 1. The summed E-state index contributed by atoms with van der Waals surface area (Å²) in [7, 11) is 7.32. The molecule has 0 radical (unpaired) electrons. The first-order chi connectivity index (χ1) is 25.0. The van der Waals surface area contributed by atoms with Gasteiger partial charge in [-0.2, -0.15) is 0 Å². The van der Waals surface area contributed by atoms with Gasteiger partial charge in [0.1, 0.15) is 12.2 Å². The first-order valence-electron chi connectivity index (χ1n) is 19.8. The Morgan fingerprint density at radius 3 is 2.24 bits per heavy atom. The molecule has 0 saturated carbocycles. The third-order valence-electron chi connectivity index (χ3n) is 12.8. The van der Waals surface area contributed by atoms with Crippen molar-refractivity contribution < 1.29 is 57.7 Å². The molecule has 0 aromatic carbocycles. The number of esters is 1. The van der Waals surface area contributed by atoms with Gasteiger partial charge >= 0.3 is 12.1 Å². The fraction of sp³-hybridized carbons (Fsp3) is 0.949. The van der Waals surface area contributed by atoms with E-state index in [0.29, 0.717) is 19.4 Å². The highest BCUT2D eigenvalue weighted by Gasteiger charge is 2.58. The summed E-state index contributed by atoms with van der Waals surface area (Å²) in [5.41, 5.74) is 2.91. The average Bonchev–Trinajstić information content (AvgIpc) is 3.40. The lowest BCUT2D eigenvalue weighted by Gasteiger charge is -2.49. The van der Waals surface area contributed by atoms with Crippen molar-refractivity contribution in [2.24, 2.45) is 23.5 Å². The molecule has 0 spiro atoms. The summed E-state index contributed by atoms with van der Waals surface area (Å²) < 4.78 is 49.9. The van der Waals surface area contributed by atoms with Crippen molar-refractivity contribution in [1.82, 2.24) is 9.80 Å². The molecule has 4 fully saturated rings. The molecule has 15 nitrogen and oxygen atoms in total. The van der Waals surface area contributed by atoms with Crippen LogP contribution in [0.4, 0.5) is 4.79 Å². The molecule has 0 aromatic rings. The minimum atomic E-state index is -1.53. The van der Waals surface area contributed by atoms with Crippen LogP contribution in [0.15, 0.2) is 0 Å². The number of carbonyl (C=O) groups excluding carboxylic acids is 2. The normalized spacial score (nSPS) is 49.0. The van der Waals surface area contributed by atoms with Crippen LogP contribution in [0.25, 0.3) is 0 Å². The Kier molecular flexibility index (Phi) is 14.6. The van der Waals surface area contributed by atoms with Crippen LogP contribution >= 0.6 is 0 Å². The van der Waals surface area contributed by atoms with Gasteiger partial charge in [0.15, 0.2) is 24.3 Å². The second kappa shape index (κ2) is 17.5. The van der Waals surface area contributed by atoms with Gasteiger partial charge in [0.25, 0.3) is 0 Å². The summed E-state index contributed by atoms with van der Waals surface area (Å²) in [5.74, 6) is -2.36. The van der Waals surface area contributed by atoms with E-state index in [1.807, 2.05) is 74.5 Å². The van der Waals surface area contributed by atoms with Crippen LogP contribution in [0.1, 0.15) is 94.9 Å². The maximum absolute atomic E-state index is 14.4. The Morgan fingerprint density at radius 2 is 1.65 bits per heavy atom. The number of hydrogen-bond acceptors (Lipinski definition) is 15. The molecule has 0 amide bonds. The first-order valence-corrected chi connectivity index (χ1v) is 19.8. The zero-order chi connectivity index (χ0) is 40.7. The maximum atomic E-state index is 14.4. The van der Waals surface area contributed by atoms with Crippen LogP contribution in [0.2, 0.25) is 0 Å². The molecule has 18 atom stereocenters. The lowest BCUT2D eigenvalue weighted by molar-refractivity contribution is -0.311. The van der Waals surface area contributed by atoms with Crippen molar-refractivity contribution in [3.63, 3.8) is 0 Å². The fourth-order valence-corrected chi connectivity index (χ4v) is 9.39. The Balaban J connectivity index is 1.83. The van der Waals surface area contributed by atoms with Gasteiger partial charge in [0, 0.05) is 38.1 Å². The highest BCUT2D eigenvalue weighted by molar-refractivity contribution is 5.73. The number of hydrogen-bond donors (Lipinski definition) is 3. The zero-order valence-corrected chi connectivity index (χ0v) is 35.1. The molecule has 314 valence electrons. The van der Waals surface area contributed by atoms with Crippen LogP contribution in [-0.4, -0.2) is 157 Å². The monoisotopic (exact) mass is 774 g/mol. The summed E-state index contributed by atoms with van der Waals surface area (Å²) in [6.07, 6.45) is -6.59. The van der Waals surface area contributed by atoms with Gasteiger partial charge in [-0.1, -0.05) is 20.8 Å². The molecule has 4 aliphatic heterocycles. The largest absolute Gasteiger partial charge is 0.509 e. The Labute approximate surface area is 322 Å². The van der Waals surface area contributed by atoms with Crippen LogP contribution in [0, 0.1) is 17.8 Å². The molecule has 4 heterocycles. The molecule has 54 heavy (non-hydrogen) atoms. The molecule has 0 aliphatic carbocycles. The molecule has 0 aromatic heterocycles. The number of likely N-dealkylation sites (N-methyl/N-ethyl adjacent to an activating group) is 2. The number of fused-ring (bicyclic) bond motifs is 1. The predicted molar refractivity (Wildman–Crippen MR) is 199 cm³/mol. The lowest BCUT2D eigenvalue weighted by atomic mass is 9.77. The summed E-state index contributed by atoms with van der Waals surface area (Å²) in [6.45, 7) is 19.1. The molecule has 0 bridgehead atoms. The van der Waals surface area contributed by atoms with Gasteiger partial charge in [-0.25, -0.2) is 4.79 Å². The van der Waals surface area contributed by atoms with Crippen molar-refractivity contribution in [3.8, 4) is 0 Å². The topological polar surface area (TPSA) is 181 Å². The van der Waals surface area contributed by atoms with Gasteiger partial charge in [0.05, 0.1) is 47.6 Å². The second-order valence-corrected chi connectivity index (χ2v) is 17.6. The van der Waals surface area contributed by atoms with E-state index in [9.17, 15) is 19.8 Å². The second-order valence-electron chi connectivity index (χ2n) is 17.6. The van der Waals surface area contributed by atoms with Crippen molar-refractivity contribution in [2.45, 2.75) is 185 Å². The van der Waals surface area contributed by atoms with Crippen molar-refractivity contribution in [1.29, 1.82) is 0 Å².